The maximum Gasteiger partial charge on any atom is 0.161 e. The predicted octanol–water partition coefficient (Wildman–Crippen LogP) is 13.4. The Kier molecular flexibility index (Phi) is 6.35. The quantitative estimate of drug-likeness (QED) is 0.180. The second-order valence-corrected chi connectivity index (χ2v) is 14.1. The lowest BCUT2D eigenvalue weighted by Crippen LogP contribution is -2.09. The summed E-state index contributed by atoms with van der Waals surface area (Å²) in [5.41, 5.74) is 10.1. The van der Waals surface area contributed by atoms with Crippen LogP contribution in [0.1, 0.15) is 0 Å². The molecule has 52 heavy (non-hydrogen) atoms. The number of aromatic nitrogens is 2. The zero-order valence-electron chi connectivity index (χ0n) is 27.7. The number of anilines is 3. The van der Waals surface area contributed by atoms with Crippen LogP contribution in [0.15, 0.2) is 173 Å². The van der Waals surface area contributed by atoms with Crippen LogP contribution < -0.4 is 4.90 Å². The monoisotopic (exact) mass is 685 g/mol. The molecule has 5 aromatic heterocycles. The molecule has 0 unspecified atom stereocenters. The van der Waals surface area contributed by atoms with Crippen molar-refractivity contribution < 1.29 is 8.83 Å². The van der Waals surface area contributed by atoms with E-state index in [4.69, 9.17) is 18.8 Å². The fourth-order valence-electron chi connectivity index (χ4n) is 7.55. The first-order chi connectivity index (χ1) is 25.8. The summed E-state index contributed by atoms with van der Waals surface area (Å²) in [6.07, 6.45) is 3.73. The summed E-state index contributed by atoms with van der Waals surface area (Å²) in [7, 11) is 0. The summed E-state index contributed by atoms with van der Waals surface area (Å²) in [4.78, 5) is 11.9. The van der Waals surface area contributed by atoms with Crippen LogP contribution in [-0.2, 0) is 0 Å². The Morgan fingerprint density at radius 3 is 1.46 bits per heavy atom. The highest BCUT2D eigenvalue weighted by atomic mass is 32.1. The van der Waals surface area contributed by atoms with Gasteiger partial charge in [-0.2, -0.15) is 0 Å². The van der Waals surface area contributed by atoms with Crippen molar-refractivity contribution in [2.45, 2.75) is 0 Å². The van der Waals surface area contributed by atoms with Gasteiger partial charge in [0, 0.05) is 82.3 Å². The third-order valence-electron chi connectivity index (χ3n) is 10.0. The summed E-state index contributed by atoms with van der Waals surface area (Å²) >= 11 is 1.82. The number of hydrogen-bond donors (Lipinski definition) is 0. The zero-order valence-corrected chi connectivity index (χ0v) is 28.5. The van der Waals surface area contributed by atoms with Crippen LogP contribution in [0.25, 0.3) is 86.6 Å². The lowest BCUT2D eigenvalue weighted by molar-refractivity contribution is 0.668. The van der Waals surface area contributed by atoms with E-state index in [9.17, 15) is 0 Å². The minimum absolute atomic E-state index is 0.798. The lowest BCUT2D eigenvalue weighted by atomic mass is 10.1. The van der Waals surface area contributed by atoms with E-state index in [0.717, 1.165) is 83.5 Å². The van der Waals surface area contributed by atoms with Gasteiger partial charge in [0.2, 0.25) is 0 Å². The second kappa shape index (κ2) is 11.4. The molecule has 244 valence electrons. The second-order valence-electron chi connectivity index (χ2n) is 13.0. The molecule has 0 fully saturated rings. The van der Waals surface area contributed by atoms with E-state index in [1.165, 1.54) is 20.2 Å². The Hall–Kier alpha value is -6.76. The van der Waals surface area contributed by atoms with Crippen molar-refractivity contribution in [2.75, 3.05) is 4.90 Å². The molecule has 0 saturated carbocycles. The summed E-state index contributed by atoms with van der Waals surface area (Å²) in [5.74, 6) is 0. The van der Waals surface area contributed by atoms with Crippen molar-refractivity contribution >= 4 is 92.4 Å². The fourth-order valence-corrected chi connectivity index (χ4v) is 8.69. The molecule has 0 spiro atoms. The van der Waals surface area contributed by atoms with Crippen molar-refractivity contribution in [3.8, 4) is 22.5 Å². The van der Waals surface area contributed by atoms with E-state index in [2.05, 4.69) is 108 Å². The van der Waals surface area contributed by atoms with Gasteiger partial charge in [-0.15, -0.1) is 11.3 Å². The largest absolute Gasteiger partial charge is 0.454 e. The van der Waals surface area contributed by atoms with Crippen molar-refractivity contribution in [1.82, 2.24) is 9.97 Å². The van der Waals surface area contributed by atoms with Crippen molar-refractivity contribution in [3.63, 3.8) is 0 Å². The Morgan fingerprint density at radius 2 is 0.885 bits per heavy atom. The molecule has 0 aliphatic carbocycles. The van der Waals surface area contributed by atoms with Gasteiger partial charge >= 0.3 is 0 Å². The van der Waals surface area contributed by atoms with Gasteiger partial charge in [0.05, 0.1) is 0 Å². The number of hydrogen-bond acceptors (Lipinski definition) is 6. The molecule has 0 aliphatic heterocycles. The van der Waals surface area contributed by atoms with Gasteiger partial charge in [0.25, 0.3) is 0 Å². The van der Waals surface area contributed by atoms with Gasteiger partial charge in [-0.1, -0.05) is 84.9 Å². The van der Waals surface area contributed by atoms with E-state index >= 15 is 0 Å². The van der Waals surface area contributed by atoms with Crippen LogP contribution in [0, 0.1) is 0 Å². The molecule has 6 heteroatoms. The van der Waals surface area contributed by atoms with E-state index in [-0.39, 0.29) is 0 Å². The number of pyridine rings is 2. The minimum Gasteiger partial charge on any atom is -0.454 e. The van der Waals surface area contributed by atoms with Gasteiger partial charge in [0.15, 0.2) is 11.2 Å². The molecule has 5 nitrogen and oxygen atoms in total. The van der Waals surface area contributed by atoms with E-state index < -0.39 is 0 Å². The third-order valence-corrected chi connectivity index (χ3v) is 11.1. The predicted molar refractivity (Wildman–Crippen MR) is 215 cm³/mol. The smallest absolute Gasteiger partial charge is 0.161 e. The summed E-state index contributed by atoms with van der Waals surface area (Å²) in [5, 5.41) is 6.87. The summed E-state index contributed by atoms with van der Waals surface area (Å²) in [6.45, 7) is 0. The van der Waals surface area contributed by atoms with E-state index in [1.807, 2.05) is 72.3 Å². The van der Waals surface area contributed by atoms with Crippen LogP contribution in [0.5, 0.6) is 0 Å². The number of thiophene rings is 1. The molecule has 11 rings (SSSR count). The minimum atomic E-state index is 0.798. The Balaban J connectivity index is 1.03. The molecule has 0 amide bonds. The number of fused-ring (bicyclic) bond motifs is 9. The van der Waals surface area contributed by atoms with E-state index in [1.54, 1.807) is 0 Å². The average Bonchev–Trinajstić information content (AvgIpc) is 3.90. The van der Waals surface area contributed by atoms with Gasteiger partial charge in [-0.25, -0.2) is 0 Å². The molecule has 0 N–H and O–H groups in total. The number of nitrogens with zero attached hydrogens (tertiary/aromatic N) is 3. The highest BCUT2D eigenvalue weighted by Gasteiger charge is 2.19. The van der Waals surface area contributed by atoms with Crippen molar-refractivity contribution in [2.24, 2.45) is 0 Å². The standard InChI is InChI=1S/C46H27N3O2S/c1-4-10-39-33(7-1)37-23-25-47-43(45(37)50-39)28-13-17-30(18-14-28)49(32-21-22-36-35-9-3-6-12-41(35)52-42(36)27-32)31-19-15-29(16-20-31)44-46-38(24-26-48-44)34-8-2-5-11-40(34)51-46/h1-27H. The molecular weight excluding hydrogens is 659 g/mol. The molecule has 11 aromatic rings. The van der Waals surface area contributed by atoms with Crippen LogP contribution in [0.2, 0.25) is 0 Å². The highest BCUT2D eigenvalue weighted by molar-refractivity contribution is 7.25. The maximum atomic E-state index is 6.33. The Morgan fingerprint density at radius 1 is 0.404 bits per heavy atom. The van der Waals surface area contributed by atoms with Gasteiger partial charge in [0.1, 0.15) is 22.6 Å². The lowest BCUT2D eigenvalue weighted by Gasteiger charge is -2.26. The Bertz CT molecular complexity index is 2980. The topological polar surface area (TPSA) is 55.3 Å². The first-order valence-corrected chi connectivity index (χ1v) is 18.0. The molecule has 6 aromatic carbocycles. The number of furan rings is 2. The number of benzene rings is 6. The van der Waals surface area contributed by atoms with Gasteiger partial charge in [-0.3, -0.25) is 9.97 Å². The van der Waals surface area contributed by atoms with Crippen molar-refractivity contribution in [3.05, 3.63) is 164 Å². The molecule has 0 atom stereocenters. The molecule has 5 heterocycles. The van der Waals surface area contributed by atoms with Gasteiger partial charge in [-0.05, 0) is 66.7 Å². The van der Waals surface area contributed by atoms with Crippen LogP contribution in [-0.4, -0.2) is 9.97 Å². The SMILES string of the molecule is c1ccc2c(c1)oc1c(-c3ccc(N(c4ccc(-c5nccc6c5oc5ccccc56)cc4)c4ccc5c(c4)sc4ccccc45)cc3)nccc12. The van der Waals surface area contributed by atoms with Crippen LogP contribution >= 0.6 is 11.3 Å². The first-order valence-electron chi connectivity index (χ1n) is 17.2. The fraction of sp³-hybridized carbons (Fsp3) is 0. The maximum absolute atomic E-state index is 6.33. The Labute approximate surface area is 301 Å². The van der Waals surface area contributed by atoms with Gasteiger partial charge < -0.3 is 13.7 Å². The molecule has 0 saturated heterocycles. The number of rotatable bonds is 5. The summed E-state index contributed by atoms with van der Waals surface area (Å²) in [6, 6.07) is 52.9. The molecule has 0 aliphatic rings. The van der Waals surface area contributed by atoms with Crippen LogP contribution in [0.4, 0.5) is 17.1 Å². The zero-order chi connectivity index (χ0) is 34.2. The van der Waals surface area contributed by atoms with E-state index in [0.29, 0.717) is 0 Å². The third kappa shape index (κ3) is 4.48. The average molecular weight is 686 g/mol. The number of para-hydroxylation sites is 2. The van der Waals surface area contributed by atoms with Crippen LogP contribution in [0.3, 0.4) is 0 Å². The normalized spacial score (nSPS) is 11.8. The first kappa shape index (κ1) is 29.0. The van der Waals surface area contributed by atoms with Crippen molar-refractivity contribution in [1.29, 1.82) is 0 Å². The summed E-state index contributed by atoms with van der Waals surface area (Å²) < 4.78 is 15.2. The molecule has 0 radical (unpaired) electrons. The molecular formula is C46H27N3O2S. The molecule has 0 bridgehead atoms. The highest BCUT2D eigenvalue weighted by Crippen LogP contribution is 2.43.